The SMILES string of the molecule is C#C[C]=[CH+]. The van der Waals surface area contributed by atoms with Gasteiger partial charge in [0.05, 0.1) is 6.58 Å². The number of allylic oxidation sites excluding steroid dienone is 1. The molecule has 0 rings (SSSR count). The van der Waals surface area contributed by atoms with Crippen molar-refractivity contribution < 1.29 is 0 Å². The van der Waals surface area contributed by atoms with Crippen LogP contribution in [0.2, 0.25) is 0 Å². The average Bonchev–Trinajstić information content (AvgIpc) is 1.37. The molecule has 0 bridgehead atoms. The van der Waals surface area contributed by atoms with Gasteiger partial charge in [0.1, 0.15) is 0 Å². The van der Waals surface area contributed by atoms with Crippen LogP contribution < -0.4 is 0 Å². The van der Waals surface area contributed by atoms with Crippen LogP contribution in [0.15, 0.2) is 0 Å². The molecular weight excluding hydrogens is 48.0 g/mol. The first kappa shape index (κ1) is 3.21. The Labute approximate surface area is 26.1 Å². The monoisotopic (exact) mass is 50.0 g/mol. The van der Waals surface area contributed by atoms with Crippen LogP contribution >= 0.6 is 0 Å². The zero-order chi connectivity index (χ0) is 3.41. The predicted octanol–water partition coefficient (Wildman–Crippen LogP) is 0.412. The number of terminal acetylenes is 1. The molecule has 0 saturated carbocycles. The molecule has 0 aliphatic rings. The number of hydrogen-bond acceptors (Lipinski definition) is 0. The first-order chi connectivity index (χ1) is 1.91. The van der Waals surface area contributed by atoms with E-state index in [2.05, 4.69) is 13.0 Å². The fourth-order valence-corrected chi connectivity index (χ4v) is 0. The molecule has 0 spiro atoms. The summed E-state index contributed by atoms with van der Waals surface area (Å²) < 4.78 is 0. The first-order valence-corrected chi connectivity index (χ1v) is 0.827. The molecule has 17 valence electrons. The molecule has 0 amide bonds. The molecule has 0 aromatic carbocycles. The van der Waals surface area contributed by atoms with Crippen molar-refractivity contribution in [3.63, 3.8) is 0 Å². The van der Waals surface area contributed by atoms with Gasteiger partial charge >= 0.3 is 6.08 Å². The van der Waals surface area contributed by atoms with E-state index in [1.165, 1.54) is 0 Å². The number of rotatable bonds is 0. The Morgan fingerprint density at radius 2 is 2.00 bits per heavy atom. The molecule has 0 saturated heterocycles. The van der Waals surface area contributed by atoms with Crippen molar-refractivity contribution in [2.45, 2.75) is 0 Å². The van der Waals surface area contributed by atoms with Gasteiger partial charge in [0.2, 0.25) is 0 Å². The summed E-state index contributed by atoms with van der Waals surface area (Å²) in [5.74, 6) is 1.96. The van der Waals surface area contributed by atoms with E-state index < -0.39 is 0 Å². The summed E-state index contributed by atoms with van der Waals surface area (Å²) in [5, 5.41) is 0. The van der Waals surface area contributed by atoms with E-state index in [9.17, 15) is 0 Å². The van der Waals surface area contributed by atoms with Crippen molar-refractivity contribution in [2.75, 3.05) is 0 Å². The second-order valence-electron chi connectivity index (χ2n) is 0.289. The van der Waals surface area contributed by atoms with E-state index >= 15 is 0 Å². The predicted molar refractivity (Wildman–Crippen MR) is 16.4 cm³/mol. The third-order valence-electron chi connectivity index (χ3n) is 0.0833. The minimum Gasteiger partial charge on any atom is 0.00807 e. The van der Waals surface area contributed by atoms with Crippen LogP contribution in [0.25, 0.3) is 0 Å². The van der Waals surface area contributed by atoms with Crippen LogP contribution in [0.3, 0.4) is 0 Å². The quantitative estimate of drug-likeness (QED) is 0.275. The molecule has 1 radical (unpaired) electrons. The Morgan fingerprint density at radius 1 is 1.75 bits per heavy atom. The van der Waals surface area contributed by atoms with E-state index in [1.54, 1.807) is 0 Å². The Balaban J connectivity index is 2.92. The highest BCUT2D eigenvalue weighted by Gasteiger charge is 1.54. The second-order valence-corrected chi connectivity index (χ2v) is 0.289. The Hall–Kier alpha value is -0.790. The van der Waals surface area contributed by atoms with Crippen molar-refractivity contribution >= 4 is 0 Å². The van der Waals surface area contributed by atoms with Crippen molar-refractivity contribution in [1.82, 2.24) is 0 Å². The zero-order valence-electron chi connectivity index (χ0n) is 2.15. The smallest absolute Gasteiger partial charge is 0.00807 e. The van der Waals surface area contributed by atoms with Gasteiger partial charge in [-0.15, -0.1) is 0 Å². The lowest BCUT2D eigenvalue weighted by Crippen LogP contribution is -1.27. The Kier molecular flexibility index (Phi) is 1.77. The van der Waals surface area contributed by atoms with E-state index in [4.69, 9.17) is 0 Å². The van der Waals surface area contributed by atoms with Crippen LogP contribution in [-0.2, 0) is 0 Å². The summed E-state index contributed by atoms with van der Waals surface area (Å²) >= 11 is 0. The summed E-state index contributed by atoms with van der Waals surface area (Å²) in [6, 6.07) is 0. The van der Waals surface area contributed by atoms with Gasteiger partial charge in [-0.05, 0) is 0 Å². The lowest BCUT2D eigenvalue weighted by atomic mass is 10.7. The van der Waals surface area contributed by atoms with Crippen molar-refractivity contribution in [2.24, 2.45) is 0 Å². The van der Waals surface area contributed by atoms with Gasteiger partial charge in [-0.25, -0.2) is 0 Å². The van der Waals surface area contributed by atoms with Gasteiger partial charge < -0.3 is 0 Å². The molecule has 0 unspecified atom stereocenters. The van der Waals surface area contributed by atoms with Crippen LogP contribution in [0, 0.1) is 25.0 Å². The summed E-state index contributed by atoms with van der Waals surface area (Å²) in [7, 11) is 0. The first-order valence-electron chi connectivity index (χ1n) is 0.827. The summed E-state index contributed by atoms with van der Waals surface area (Å²) in [6.07, 6.45) is 6.50. The van der Waals surface area contributed by atoms with Crippen molar-refractivity contribution in [3.05, 3.63) is 12.7 Å². The van der Waals surface area contributed by atoms with Gasteiger partial charge in [0.25, 0.3) is 0 Å². The van der Waals surface area contributed by atoms with Gasteiger partial charge in [0.15, 0.2) is 5.92 Å². The highest BCUT2D eigenvalue weighted by Crippen LogP contribution is 1.37. The second kappa shape index (κ2) is 2.21. The van der Waals surface area contributed by atoms with Gasteiger partial charge in [-0.3, -0.25) is 0 Å². The maximum Gasteiger partial charge on any atom is 0.324 e. The minimum absolute atomic E-state index is 1.96. The topological polar surface area (TPSA) is 0 Å². The fraction of sp³-hybridized carbons (Fsp3) is 0. The zero-order valence-corrected chi connectivity index (χ0v) is 2.15. The summed E-state index contributed by atoms with van der Waals surface area (Å²) in [6.45, 7) is 4.54. The van der Waals surface area contributed by atoms with Crippen molar-refractivity contribution in [1.29, 1.82) is 0 Å². The third kappa shape index (κ3) is 1.21. The largest absolute Gasteiger partial charge is 0.324 e. The molecule has 0 N–H and O–H groups in total. The molecule has 0 heteroatoms. The van der Waals surface area contributed by atoms with Crippen LogP contribution in [0.5, 0.6) is 0 Å². The van der Waals surface area contributed by atoms with E-state index in [0.717, 1.165) is 0 Å². The fourth-order valence-electron chi connectivity index (χ4n) is 0. The van der Waals surface area contributed by atoms with Crippen molar-refractivity contribution in [3.8, 4) is 12.3 Å². The molecule has 0 heterocycles. The maximum atomic E-state index is 4.54. The average molecular weight is 50.1 g/mol. The molecule has 4 heavy (non-hydrogen) atoms. The van der Waals surface area contributed by atoms with E-state index in [0.29, 0.717) is 0 Å². The van der Waals surface area contributed by atoms with E-state index in [-0.39, 0.29) is 0 Å². The molecule has 0 aromatic heterocycles. The molecule has 0 fully saturated rings. The lowest BCUT2D eigenvalue weighted by Gasteiger charge is -1.11. The van der Waals surface area contributed by atoms with E-state index in [1.807, 2.05) is 12.0 Å². The Morgan fingerprint density at radius 3 is 2.00 bits per heavy atom. The van der Waals surface area contributed by atoms with Gasteiger partial charge in [0, 0.05) is 6.42 Å². The van der Waals surface area contributed by atoms with Crippen LogP contribution in [0.4, 0.5) is 0 Å². The molecule has 0 aromatic rings. The van der Waals surface area contributed by atoms with Crippen LogP contribution in [-0.4, -0.2) is 0 Å². The van der Waals surface area contributed by atoms with Crippen LogP contribution in [0.1, 0.15) is 0 Å². The highest BCUT2D eigenvalue weighted by molar-refractivity contribution is 4.93. The molecule has 0 aliphatic heterocycles. The lowest BCUT2D eigenvalue weighted by molar-refractivity contribution is 2.14. The van der Waals surface area contributed by atoms with Gasteiger partial charge in [-0.2, -0.15) is 0 Å². The standard InChI is InChI=1S/C4H2/c1-3-4-2/h1-2H/q+1. The summed E-state index contributed by atoms with van der Waals surface area (Å²) in [4.78, 5) is 0. The maximum absolute atomic E-state index is 4.54. The Bertz CT molecular complexity index is 45.5. The minimum atomic E-state index is 1.96. The molecule has 0 atom stereocenters. The van der Waals surface area contributed by atoms with Gasteiger partial charge in [-0.1, -0.05) is 0 Å². The molecular formula is C4H2+. The normalized spacial score (nSPS) is 3.50. The number of hydrogen-bond donors (Lipinski definition) is 0. The highest BCUT2D eigenvalue weighted by atomic mass is 13.3. The molecule has 0 nitrogen and oxygen atoms in total. The third-order valence-corrected chi connectivity index (χ3v) is 0.0833. The summed E-state index contributed by atoms with van der Waals surface area (Å²) in [5.41, 5.74) is 0. The molecule has 0 aliphatic carbocycles.